The first-order valence-corrected chi connectivity index (χ1v) is 6.37. The Balaban J connectivity index is 4.40. The van der Waals surface area contributed by atoms with Gasteiger partial charge in [0, 0.05) is 5.92 Å². The molecule has 0 heterocycles. The average Bonchev–Trinajstić information content (AvgIpc) is 2.25. The largest absolute Gasteiger partial charge is 0.106 e. The Kier molecular flexibility index (Phi) is 6.73. The molecule has 0 aliphatic rings. The summed E-state index contributed by atoms with van der Waals surface area (Å²) in [5.41, 5.74) is 0. The number of hydrogen-bond donors (Lipinski definition) is 0. The van der Waals surface area contributed by atoms with E-state index in [0.717, 1.165) is 17.8 Å². The average molecular weight is 208 g/mol. The van der Waals surface area contributed by atoms with Crippen molar-refractivity contribution in [1.29, 1.82) is 0 Å². The van der Waals surface area contributed by atoms with Gasteiger partial charge in [-0.15, -0.1) is 11.8 Å². The molecule has 0 fully saturated rings. The molecule has 0 bridgehead atoms. The first-order valence-electron chi connectivity index (χ1n) is 6.37. The van der Waals surface area contributed by atoms with E-state index in [0.29, 0.717) is 11.8 Å². The Bertz CT molecular complexity index is 218. The van der Waals surface area contributed by atoms with Gasteiger partial charge in [-0.05, 0) is 30.6 Å². The molecule has 5 unspecified atom stereocenters. The van der Waals surface area contributed by atoms with Crippen LogP contribution in [0.15, 0.2) is 0 Å². The number of hydrogen-bond acceptors (Lipinski definition) is 0. The maximum absolute atomic E-state index is 3.29. The van der Waals surface area contributed by atoms with Gasteiger partial charge in [-0.3, -0.25) is 0 Å². The smallest absolute Gasteiger partial charge is 0.0202 e. The fraction of sp³-hybridized carbons (Fsp3) is 0.867. The molecule has 0 N–H and O–H groups in total. The summed E-state index contributed by atoms with van der Waals surface area (Å²) in [6, 6.07) is 0. The minimum Gasteiger partial charge on any atom is -0.106 e. The van der Waals surface area contributed by atoms with Crippen molar-refractivity contribution in [3.63, 3.8) is 0 Å². The lowest BCUT2D eigenvalue weighted by Crippen LogP contribution is -2.25. The van der Waals surface area contributed by atoms with Gasteiger partial charge in [-0.2, -0.15) is 0 Å². The predicted octanol–water partition coefficient (Wildman–Crippen LogP) is 4.60. The molecule has 0 amide bonds. The highest BCUT2D eigenvalue weighted by Gasteiger charge is 2.25. The van der Waals surface area contributed by atoms with E-state index in [1.807, 2.05) is 6.92 Å². The first kappa shape index (κ1) is 14.6. The van der Waals surface area contributed by atoms with Crippen LogP contribution in [-0.4, -0.2) is 0 Å². The first-order chi connectivity index (χ1) is 6.95. The van der Waals surface area contributed by atoms with E-state index in [4.69, 9.17) is 0 Å². The Morgan fingerprint density at radius 3 is 1.80 bits per heavy atom. The standard InChI is InChI=1S/C15H28/c1-8-10-12(4)14(6)15(7)13(5)11(3)9-2/h11-15H,9H2,1-7H3. The van der Waals surface area contributed by atoms with Gasteiger partial charge in [0.05, 0.1) is 0 Å². The van der Waals surface area contributed by atoms with E-state index in [1.165, 1.54) is 6.42 Å². The highest BCUT2D eigenvalue weighted by molar-refractivity contribution is 5.01. The van der Waals surface area contributed by atoms with E-state index in [2.05, 4.69) is 53.4 Å². The summed E-state index contributed by atoms with van der Waals surface area (Å²) in [4.78, 5) is 0. The molecule has 0 aromatic rings. The zero-order chi connectivity index (χ0) is 12.0. The normalized spacial score (nSPS) is 20.7. The predicted molar refractivity (Wildman–Crippen MR) is 69.6 cm³/mol. The zero-order valence-electron chi connectivity index (χ0n) is 11.6. The molecular formula is C15H28. The molecule has 0 heteroatoms. The van der Waals surface area contributed by atoms with Gasteiger partial charge in [0.25, 0.3) is 0 Å². The van der Waals surface area contributed by atoms with E-state index in [1.54, 1.807) is 0 Å². The van der Waals surface area contributed by atoms with Crippen LogP contribution in [0.5, 0.6) is 0 Å². The Morgan fingerprint density at radius 1 is 0.867 bits per heavy atom. The van der Waals surface area contributed by atoms with Crippen LogP contribution in [-0.2, 0) is 0 Å². The molecule has 5 atom stereocenters. The van der Waals surface area contributed by atoms with Crippen LogP contribution in [0, 0.1) is 41.4 Å². The van der Waals surface area contributed by atoms with Crippen molar-refractivity contribution in [3.8, 4) is 11.8 Å². The summed E-state index contributed by atoms with van der Waals surface area (Å²) >= 11 is 0. The molecule has 88 valence electrons. The second-order valence-corrected chi connectivity index (χ2v) is 5.15. The third kappa shape index (κ3) is 4.29. The lowest BCUT2D eigenvalue weighted by atomic mass is 9.73. The van der Waals surface area contributed by atoms with Gasteiger partial charge in [0.1, 0.15) is 0 Å². The highest BCUT2D eigenvalue weighted by Crippen LogP contribution is 2.32. The van der Waals surface area contributed by atoms with Crippen molar-refractivity contribution in [2.75, 3.05) is 0 Å². The van der Waals surface area contributed by atoms with E-state index in [-0.39, 0.29) is 0 Å². The molecule has 0 nitrogen and oxygen atoms in total. The van der Waals surface area contributed by atoms with E-state index in [9.17, 15) is 0 Å². The summed E-state index contributed by atoms with van der Waals surface area (Å²) in [6.07, 6.45) is 1.28. The van der Waals surface area contributed by atoms with Crippen LogP contribution >= 0.6 is 0 Å². The summed E-state index contributed by atoms with van der Waals surface area (Å²) in [7, 11) is 0. The lowest BCUT2D eigenvalue weighted by molar-refractivity contribution is 0.186. The van der Waals surface area contributed by atoms with Gasteiger partial charge in [-0.1, -0.05) is 48.0 Å². The van der Waals surface area contributed by atoms with Crippen LogP contribution in [0.4, 0.5) is 0 Å². The fourth-order valence-electron chi connectivity index (χ4n) is 2.18. The van der Waals surface area contributed by atoms with Crippen LogP contribution in [0.25, 0.3) is 0 Å². The van der Waals surface area contributed by atoms with Crippen molar-refractivity contribution in [1.82, 2.24) is 0 Å². The van der Waals surface area contributed by atoms with Crippen molar-refractivity contribution in [2.45, 2.75) is 54.9 Å². The molecule has 0 spiro atoms. The fourth-order valence-corrected chi connectivity index (χ4v) is 2.18. The van der Waals surface area contributed by atoms with Gasteiger partial charge in [-0.25, -0.2) is 0 Å². The molecular weight excluding hydrogens is 180 g/mol. The third-order valence-corrected chi connectivity index (χ3v) is 4.36. The molecule has 0 aliphatic carbocycles. The van der Waals surface area contributed by atoms with E-state index >= 15 is 0 Å². The summed E-state index contributed by atoms with van der Waals surface area (Å²) in [6.45, 7) is 16.0. The molecule has 0 radical (unpaired) electrons. The SMILES string of the molecule is CC#CC(C)C(C)C(C)C(C)C(C)CC. The molecule has 0 aromatic carbocycles. The lowest BCUT2D eigenvalue weighted by Gasteiger charge is -2.31. The Labute approximate surface area is 96.8 Å². The monoisotopic (exact) mass is 208 g/mol. The molecule has 0 saturated heterocycles. The van der Waals surface area contributed by atoms with Crippen LogP contribution < -0.4 is 0 Å². The van der Waals surface area contributed by atoms with Crippen molar-refractivity contribution in [2.24, 2.45) is 29.6 Å². The van der Waals surface area contributed by atoms with Crippen molar-refractivity contribution in [3.05, 3.63) is 0 Å². The van der Waals surface area contributed by atoms with Crippen molar-refractivity contribution < 1.29 is 0 Å². The summed E-state index contributed by atoms with van der Waals surface area (Å²) in [5.74, 6) is 9.92. The third-order valence-electron chi connectivity index (χ3n) is 4.36. The molecule has 0 rings (SSSR count). The van der Waals surface area contributed by atoms with Gasteiger partial charge < -0.3 is 0 Å². The maximum atomic E-state index is 3.29. The van der Waals surface area contributed by atoms with Crippen LogP contribution in [0.2, 0.25) is 0 Å². The summed E-state index contributed by atoms with van der Waals surface area (Å²) < 4.78 is 0. The van der Waals surface area contributed by atoms with Gasteiger partial charge >= 0.3 is 0 Å². The summed E-state index contributed by atoms with van der Waals surface area (Å²) in [5, 5.41) is 0. The second kappa shape index (κ2) is 6.94. The number of rotatable bonds is 5. The maximum Gasteiger partial charge on any atom is 0.0202 e. The van der Waals surface area contributed by atoms with Crippen LogP contribution in [0.1, 0.15) is 54.9 Å². The topological polar surface area (TPSA) is 0 Å². The highest BCUT2D eigenvalue weighted by atomic mass is 14.3. The Hall–Kier alpha value is -0.440. The quantitative estimate of drug-likeness (QED) is 0.579. The van der Waals surface area contributed by atoms with Crippen molar-refractivity contribution >= 4 is 0 Å². The molecule has 0 aliphatic heterocycles. The molecule has 0 aromatic heterocycles. The minimum atomic E-state index is 0.525. The van der Waals surface area contributed by atoms with Gasteiger partial charge in [0.2, 0.25) is 0 Å². The minimum absolute atomic E-state index is 0.525. The molecule has 15 heavy (non-hydrogen) atoms. The zero-order valence-corrected chi connectivity index (χ0v) is 11.6. The van der Waals surface area contributed by atoms with Gasteiger partial charge in [0.15, 0.2) is 0 Å². The Morgan fingerprint density at radius 2 is 1.40 bits per heavy atom. The second-order valence-electron chi connectivity index (χ2n) is 5.15. The van der Waals surface area contributed by atoms with Crippen LogP contribution in [0.3, 0.4) is 0 Å². The van der Waals surface area contributed by atoms with E-state index < -0.39 is 0 Å². The molecule has 0 saturated carbocycles.